The van der Waals surface area contributed by atoms with Gasteiger partial charge in [-0.25, -0.2) is 0 Å². The Morgan fingerprint density at radius 2 is 1.67 bits per heavy atom. The lowest BCUT2D eigenvalue weighted by molar-refractivity contribution is 0.100. The van der Waals surface area contributed by atoms with Gasteiger partial charge in [-0.3, -0.25) is 20.0 Å². The molecule has 4 N–H and O–H groups in total. The van der Waals surface area contributed by atoms with E-state index in [9.17, 15) is 4.79 Å². The number of primary amides is 1. The number of amidine groups is 1. The van der Waals surface area contributed by atoms with Crippen LogP contribution in [0.4, 0.5) is 5.69 Å². The van der Waals surface area contributed by atoms with Crippen LogP contribution in [0, 0.1) is 5.41 Å². The molecule has 1 amide bonds. The molecule has 0 radical (unpaired) electrons. The van der Waals surface area contributed by atoms with Crippen LogP contribution < -0.4 is 11.1 Å². The third kappa shape index (κ3) is 5.53. The predicted octanol–water partition coefficient (Wildman–Crippen LogP) is 2.65. The molecule has 0 bridgehead atoms. The van der Waals surface area contributed by atoms with Crippen LogP contribution in [0.3, 0.4) is 0 Å². The molecule has 6 nitrogen and oxygen atoms in total. The molecule has 2 aromatic rings. The lowest BCUT2D eigenvalue weighted by atomic mass is 10.1. The number of nitrogens with two attached hydrogens (primary N) is 1. The van der Waals surface area contributed by atoms with Crippen LogP contribution >= 0.6 is 11.6 Å². The standard InChI is InChI=1S/C20H24ClN5O/c21-16-7-5-15(6-8-16)13-25-9-11-26(12-10-25)14-19(22)24-18-4-2-1-3-17(18)20(23)27/h1-8H,9-14H2,(H2,22,24)(H2,23,27). The van der Waals surface area contributed by atoms with E-state index in [4.69, 9.17) is 22.7 Å². The van der Waals surface area contributed by atoms with Crippen molar-refractivity contribution < 1.29 is 4.79 Å². The minimum atomic E-state index is -0.498. The highest BCUT2D eigenvalue weighted by atomic mass is 35.5. The first-order valence-electron chi connectivity index (χ1n) is 8.93. The number of benzene rings is 2. The topological polar surface area (TPSA) is 85.5 Å². The normalized spacial score (nSPS) is 15.4. The molecule has 0 unspecified atom stereocenters. The van der Waals surface area contributed by atoms with Gasteiger partial charge in [0.15, 0.2) is 0 Å². The molecule has 1 heterocycles. The Hall–Kier alpha value is -2.41. The number of nitrogens with zero attached hydrogens (tertiary/aromatic N) is 2. The first-order valence-corrected chi connectivity index (χ1v) is 9.31. The number of hydrogen-bond acceptors (Lipinski definition) is 4. The fraction of sp³-hybridized carbons (Fsp3) is 0.300. The third-order valence-electron chi connectivity index (χ3n) is 4.64. The summed E-state index contributed by atoms with van der Waals surface area (Å²) in [4.78, 5) is 16.1. The van der Waals surface area contributed by atoms with E-state index in [1.54, 1.807) is 18.2 Å². The largest absolute Gasteiger partial charge is 0.366 e. The average Bonchev–Trinajstić information content (AvgIpc) is 2.65. The van der Waals surface area contributed by atoms with Gasteiger partial charge in [-0.1, -0.05) is 35.9 Å². The number of hydrogen-bond donors (Lipinski definition) is 3. The molecule has 1 saturated heterocycles. The van der Waals surface area contributed by atoms with Gasteiger partial charge in [-0.05, 0) is 29.8 Å². The summed E-state index contributed by atoms with van der Waals surface area (Å²) in [5.41, 5.74) is 7.62. The highest BCUT2D eigenvalue weighted by Gasteiger charge is 2.18. The van der Waals surface area contributed by atoms with Crippen molar-refractivity contribution in [2.75, 3.05) is 38.0 Å². The SMILES string of the molecule is N=C(CN1CCN(Cc2ccc(Cl)cc2)CC1)Nc1ccccc1C(N)=O. The van der Waals surface area contributed by atoms with E-state index in [2.05, 4.69) is 27.2 Å². The first kappa shape index (κ1) is 19.4. The first-order chi connectivity index (χ1) is 13.0. The van der Waals surface area contributed by atoms with Crippen LogP contribution in [-0.4, -0.2) is 54.3 Å². The van der Waals surface area contributed by atoms with Crippen molar-refractivity contribution in [2.24, 2.45) is 5.73 Å². The van der Waals surface area contributed by atoms with Gasteiger partial charge >= 0.3 is 0 Å². The number of rotatable bonds is 6. The molecule has 0 atom stereocenters. The van der Waals surface area contributed by atoms with Crippen LogP contribution in [0.1, 0.15) is 15.9 Å². The molecular formula is C20H24ClN5O. The van der Waals surface area contributed by atoms with Crippen molar-refractivity contribution in [3.63, 3.8) is 0 Å². The Labute approximate surface area is 164 Å². The molecule has 0 saturated carbocycles. The van der Waals surface area contributed by atoms with E-state index in [1.807, 2.05) is 18.2 Å². The summed E-state index contributed by atoms with van der Waals surface area (Å²) in [6.07, 6.45) is 0. The molecular weight excluding hydrogens is 362 g/mol. The molecule has 0 spiro atoms. The molecule has 1 aliphatic heterocycles. The molecule has 2 aromatic carbocycles. The predicted molar refractivity (Wildman–Crippen MR) is 109 cm³/mol. The van der Waals surface area contributed by atoms with Crippen LogP contribution in [0.5, 0.6) is 0 Å². The van der Waals surface area contributed by atoms with Gasteiger partial charge < -0.3 is 11.1 Å². The molecule has 1 fully saturated rings. The summed E-state index contributed by atoms with van der Waals surface area (Å²) >= 11 is 5.94. The summed E-state index contributed by atoms with van der Waals surface area (Å²) in [6.45, 7) is 5.13. The summed E-state index contributed by atoms with van der Waals surface area (Å²) in [7, 11) is 0. The van der Waals surface area contributed by atoms with Crippen molar-refractivity contribution in [1.82, 2.24) is 9.80 Å². The summed E-state index contributed by atoms with van der Waals surface area (Å²) in [6, 6.07) is 15.0. The number of amides is 1. The zero-order valence-corrected chi connectivity index (χ0v) is 15.9. The molecule has 27 heavy (non-hydrogen) atoms. The fourth-order valence-corrected chi connectivity index (χ4v) is 3.31. The van der Waals surface area contributed by atoms with Gasteiger partial charge in [0.2, 0.25) is 0 Å². The van der Waals surface area contributed by atoms with E-state index in [0.29, 0.717) is 23.6 Å². The van der Waals surface area contributed by atoms with Crippen LogP contribution in [0.2, 0.25) is 5.02 Å². The van der Waals surface area contributed by atoms with Crippen molar-refractivity contribution in [3.8, 4) is 0 Å². The molecule has 7 heteroatoms. The van der Waals surface area contributed by atoms with Gasteiger partial charge in [0.05, 0.1) is 17.8 Å². The summed E-state index contributed by atoms with van der Waals surface area (Å²) in [5.74, 6) is -0.142. The highest BCUT2D eigenvalue weighted by Crippen LogP contribution is 2.15. The van der Waals surface area contributed by atoms with Crippen LogP contribution in [-0.2, 0) is 6.54 Å². The summed E-state index contributed by atoms with van der Waals surface area (Å²) in [5, 5.41) is 12.0. The van der Waals surface area contributed by atoms with Gasteiger partial charge in [0.1, 0.15) is 5.84 Å². The number of halogens is 1. The Morgan fingerprint density at radius 3 is 2.33 bits per heavy atom. The van der Waals surface area contributed by atoms with Gasteiger partial charge in [0, 0.05) is 37.7 Å². The second-order valence-electron chi connectivity index (χ2n) is 6.69. The zero-order chi connectivity index (χ0) is 19.2. The van der Waals surface area contributed by atoms with Crippen molar-refractivity contribution >= 4 is 29.0 Å². The Morgan fingerprint density at radius 1 is 1.04 bits per heavy atom. The second-order valence-corrected chi connectivity index (χ2v) is 7.13. The maximum Gasteiger partial charge on any atom is 0.250 e. The number of nitrogens with one attached hydrogen (secondary N) is 2. The molecule has 0 aliphatic carbocycles. The Kier molecular flexibility index (Phi) is 6.45. The molecule has 1 aliphatic rings. The summed E-state index contributed by atoms with van der Waals surface area (Å²) < 4.78 is 0. The fourth-order valence-electron chi connectivity index (χ4n) is 3.19. The maximum absolute atomic E-state index is 11.5. The smallest absolute Gasteiger partial charge is 0.250 e. The second kappa shape index (κ2) is 8.99. The quantitative estimate of drug-likeness (QED) is 0.527. The van der Waals surface area contributed by atoms with Gasteiger partial charge in [0.25, 0.3) is 5.91 Å². The zero-order valence-electron chi connectivity index (χ0n) is 15.1. The highest BCUT2D eigenvalue weighted by molar-refractivity contribution is 6.30. The third-order valence-corrected chi connectivity index (χ3v) is 4.90. The number of para-hydroxylation sites is 1. The van der Waals surface area contributed by atoms with Crippen LogP contribution in [0.15, 0.2) is 48.5 Å². The van der Waals surface area contributed by atoms with Gasteiger partial charge in [-0.15, -0.1) is 0 Å². The van der Waals surface area contributed by atoms with E-state index >= 15 is 0 Å². The van der Waals surface area contributed by atoms with Crippen molar-refractivity contribution in [1.29, 1.82) is 5.41 Å². The number of anilines is 1. The minimum absolute atomic E-state index is 0.356. The average molecular weight is 386 g/mol. The number of carbonyl (C=O) groups excluding carboxylic acids is 1. The number of carbonyl (C=O) groups is 1. The number of piperazine rings is 1. The lowest BCUT2D eigenvalue weighted by Crippen LogP contribution is -2.48. The Bertz CT molecular complexity index is 800. The van der Waals surface area contributed by atoms with E-state index < -0.39 is 5.91 Å². The maximum atomic E-state index is 11.5. The van der Waals surface area contributed by atoms with Gasteiger partial charge in [-0.2, -0.15) is 0 Å². The Balaban J connectivity index is 1.47. The lowest BCUT2D eigenvalue weighted by Gasteiger charge is -2.34. The van der Waals surface area contributed by atoms with Crippen LogP contribution in [0.25, 0.3) is 0 Å². The monoisotopic (exact) mass is 385 g/mol. The van der Waals surface area contributed by atoms with Crippen molar-refractivity contribution in [2.45, 2.75) is 6.54 Å². The molecule has 142 valence electrons. The van der Waals surface area contributed by atoms with E-state index in [0.717, 1.165) is 37.7 Å². The van der Waals surface area contributed by atoms with E-state index in [-0.39, 0.29) is 0 Å². The minimum Gasteiger partial charge on any atom is -0.366 e. The molecule has 0 aromatic heterocycles. The van der Waals surface area contributed by atoms with Crippen molar-refractivity contribution in [3.05, 3.63) is 64.7 Å². The van der Waals surface area contributed by atoms with E-state index in [1.165, 1.54) is 5.56 Å². The molecule has 3 rings (SSSR count).